The average molecular weight is 513 g/mol. The second-order valence-corrected chi connectivity index (χ2v) is 10.7. The number of aromatic nitrogens is 3. The van der Waals surface area contributed by atoms with E-state index in [4.69, 9.17) is 27.3 Å². The summed E-state index contributed by atoms with van der Waals surface area (Å²) in [6.45, 7) is 4.86. The largest absolute Gasteiger partial charge is 0.375 e. The van der Waals surface area contributed by atoms with Gasteiger partial charge in [-0.3, -0.25) is 0 Å². The van der Waals surface area contributed by atoms with Gasteiger partial charge in [-0.25, -0.2) is 14.4 Å². The van der Waals surface area contributed by atoms with Gasteiger partial charge in [0.25, 0.3) is 0 Å². The lowest BCUT2D eigenvalue weighted by Crippen LogP contribution is -2.58. The van der Waals surface area contributed by atoms with Gasteiger partial charge in [-0.05, 0) is 26.2 Å². The van der Waals surface area contributed by atoms with E-state index < -0.39 is 5.82 Å². The van der Waals surface area contributed by atoms with Gasteiger partial charge < -0.3 is 25.8 Å². The summed E-state index contributed by atoms with van der Waals surface area (Å²) in [7, 11) is 4.13. The second-order valence-electron chi connectivity index (χ2n) is 9.25. The molecule has 2 aromatic heterocycles. The molecule has 0 amide bonds. The monoisotopic (exact) mass is 512 g/mol. The third kappa shape index (κ3) is 3.85. The minimum atomic E-state index is -0.462. The number of para-hydroxylation sites is 1. The van der Waals surface area contributed by atoms with Crippen LogP contribution < -0.4 is 20.9 Å². The van der Waals surface area contributed by atoms with Crippen LogP contribution in [-0.2, 0) is 0 Å². The molecule has 182 valence electrons. The molecule has 0 aliphatic carbocycles. The van der Waals surface area contributed by atoms with Crippen LogP contribution in [0.3, 0.4) is 0 Å². The number of nitrogens with one attached hydrogen (secondary N) is 1. The Morgan fingerprint density at radius 3 is 2.63 bits per heavy atom. The van der Waals surface area contributed by atoms with E-state index in [0.717, 1.165) is 49.8 Å². The summed E-state index contributed by atoms with van der Waals surface area (Å²) in [6, 6.07) is 7.84. The lowest BCUT2D eigenvalue weighted by atomic mass is 10.0. The molecule has 0 spiro atoms. The lowest BCUT2D eigenvalue weighted by molar-refractivity contribution is 0.245. The Morgan fingerprint density at radius 2 is 1.89 bits per heavy atom. The summed E-state index contributed by atoms with van der Waals surface area (Å²) in [5.74, 6) is 0.812. The number of nitrogens with two attached hydrogens (primary N) is 1. The highest BCUT2D eigenvalue weighted by atomic mass is 35.5. The van der Waals surface area contributed by atoms with Crippen molar-refractivity contribution >= 4 is 61.0 Å². The highest BCUT2D eigenvalue weighted by Crippen LogP contribution is 2.42. The van der Waals surface area contributed by atoms with Crippen LogP contribution in [-0.4, -0.2) is 79.3 Å². The zero-order chi connectivity index (χ0) is 24.3. The van der Waals surface area contributed by atoms with Crippen molar-refractivity contribution in [3.8, 4) is 11.1 Å². The van der Waals surface area contributed by atoms with Crippen LogP contribution in [0.2, 0.25) is 5.02 Å². The molecule has 4 aromatic rings. The Bertz CT molecular complexity index is 1430. The molecule has 35 heavy (non-hydrogen) atoms. The fraction of sp³-hybridized carbons (Fsp3) is 0.375. The predicted molar refractivity (Wildman–Crippen MR) is 142 cm³/mol. The molecule has 2 aliphatic heterocycles. The number of fused-ring (bicyclic) bond motifs is 2. The van der Waals surface area contributed by atoms with Gasteiger partial charge in [-0.1, -0.05) is 35.1 Å². The normalized spacial score (nSPS) is 17.1. The molecule has 0 atom stereocenters. The maximum atomic E-state index is 16.4. The van der Waals surface area contributed by atoms with Crippen molar-refractivity contribution in [1.29, 1.82) is 0 Å². The van der Waals surface area contributed by atoms with Crippen LogP contribution in [0.4, 0.5) is 21.3 Å². The summed E-state index contributed by atoms with van der Waals surface area (Å²) >= 11 is 8.13. The summed E-state index contributed by atoms with van der Waals surface area (Å²) in [6.07, 6.45) is 0. The number of anilines is 3. The third-order valence-electron chi connectivity index (χ3n) is 6.85. The molecule has 4 heterocycles. The van der Waals surface area contributed by atoms with Gasteiger partial charge >= 0.3 is 0 Å². The molecule has 8 nitrogen and oxygen atoms in total. The second kappa shape index (κ2) is 8.70. The summed E-state index contributed by atoms with van der Waals surface area (Å²) in [5.41, 5.74) is 7.77. The van der Waals surface area contributed by atoms with E-state index in [1.54, 1.807) is 6.07 Å². The van der Waals surface area contributed by atoms with Crippen LogP contribution >= 0.6 is 22.9 Å². The summed E-state index contributed by atoms with van der Waals surface area (Å²) < 4.78 is 17.3. The predicted octanol–water partition coefficient (Wildman–Crippen LogP) is 3.44. The van der Waals surface area contributed by atoms with Gasteiger partial charge in [0.2, 0.25) is 5.95 Å². The first-order chi connectivity index (χ1) is 16.9. The topological polar surface area (TPSA) is 86.4 Å². The van der Waals surface area contributed by atoms with Crippen molar-refractivity contribution in [1.82, 2.24) is 25.2 Å². The van der Waals surface area contributed by atoms with Crippen molar-refractivity contribution in [2.75, 3.05) is 68.9 Å². The molecule has 0 bridgehead atoms. The quantitative estimate of drug-likeness (QED) is 0.430. The first-order valence-corrected chi connectivity index (χ1v) is 12.8. The fourth-order valence-corrected chi connectivity index (χ4v) is 5.84. The SMILES string of the molecule is CN(C)C1CN(c2nc(N3CCNCC3)c3cc(Cl)c(-c4cccc5sc(N)nc45)c(F)c3n2)C1. The molecular weight excluding hydrogens is 487 g/mol. The van der Waals surface area contributed by atoms with E-state index in [1.807, 2.05) is 18.2 Å². The van der Waals surface area contributed by atoms with Gasteiger partial charge in [0.05, 0.1) is 15.2 Å². The van der Waals surface area contributed by atoms with Crippen molar-refractivity contribution in [3.63, 3.8) is 0 Å². The van der Waals surface area contributed by atoms with Gasteiger partial charge in [-0.2, -0.15) is 4.98 Å². The van der Waals surface area contributed by atoms with Crippen molar-refractivity contribution in [3.05, 3.63) is 35.1 Å². The Labute approximate surface area is 211 Å². The van der Waals surface area contributed by atoms with Crippen LogP contribution in [0.1, 0.15) is 0 Å². The number of halogens is 2. The van der Waals surface area contributed by atoms with Crippen LogP contribution in [0.5, 0.6) is 0 Å². The molecule has 0 saturated carbocycles. The Balaban J connectivity index is 1.55. The number of piperazine rings is 1. The van der Waals surface area contributed by atoms with E-state index in [2.05, 4.69) is 39.1 Å². The third-order valence-corrected chi connectivity index (χ3v) is 8.00. The molecule has 3 N–H and O–H groups in total. The smallest absolute Gasteiger partial charge is 0.228 e. The number of hydrogen-bond acceptors (Lipinski definition) is 9. The van der Waals surface area contributed by atoms with Crippen LogP contribution in [0.15, 0.2) is 24.3 Å². The lowest BCUT2D eigenvalue weighted by Gasteiger charge is -2.43. The van der Waals surface area contributed by atoms with E-state index >= 15 is 4.39 Å². The number of likely N-dealkylation sites (N-methyl/N-ethyl adjacent to an activating group) is 1. The molecule has 2 saturated heterocycles. The van der Waals surface area contributed by atoms with Gasteiger partial charge in [-0.15, -0.1) is 0 Å². The number of thiazole rings is 1. The Hall–Kier alpha value is -2.79. The maximum Gasteiger partial charge on any atom is 0.228 e. The highest BCUT2D eigenvalue weighted by Gasteiger charge is 2.32. The van der Waals surface area contributed by atoms with Crippen molar-refractivity contribution < 1.29 is 4.39 Å². The number of benzene rings is 2. The maximum absolute atomic E-state index is 16.4. The van der Waals surface area contributed by atoms with Crippen LogP contribution in [0.25, 0.3) is 32.2 Å². The van der Waals surface area contributed by atoms with Gasteiger partial charge in [0.15, 0.2) is 10.9 Å². The molecule has 2 aromatic carbocycles. The van der Waals surface area contributed by atoms with Crippen LogP contribution in [0, 0.1) is 5.82 Å². The zero-order valence-electron chi connectivity index (χ0n) is 19.6. The van der Waals surface area contributed by atoms with Gasteiger partial charge in [0, 0.05) is 61.8 Å². The van der Waals surface area contributed by atoms with Gasteiger partial charge in [0.1, 0.15) is 11.3 Å². The molecule has 2 fully saturated rings. The van der Waals surface area contributed by atoms with Crippen molar-refractivity contribution in [2.24, 2.45) is 0 Å². The Morgan fingerprint density at radius 1 is 1.11 bits per heavy atom. The molecule has 11 heteroatoms. The standard InChI is InChI=1S/C24H26ClFN8S/c1-32(2)13-11-34(12-13)24-30-21-15(22(31-24)33-8-6-28-7-9-33)10-16(25)18(19(21)26)14-4-3-5-17-20(14)29-23(27)35-17/h3-5,10,13,28H,6-9,11-12H2,1-2H3,(H2,27,29). The number of nitrogen functional groups attached to an aromatic ring is 1. The molecule has 0 unspecified atom stereocenters. The van der Waals surface area contributed by atoms with E-state index in [-0.39, 0.29) is 5.52 Å². The van der Waals surface area contributed by atoms with E-state index in [0.29, 0.717) is 44.2 Å². The molecule has 0 radical (unpaired) electrons. The first-order valence-electron chi connectivity index (χ1n) is 11.6. The average Bonchev–Trinajstić information content (AvgIpc) is 3.19. The molecular formula is C24H26ClFN8S. The van der Waals surface area contributed by atoms with Crippen molar-refractivity contribution in [2.45, 2.75) is 6.04 Å². The molecule has 6 rings (SSSR count). The number of rotatable bonds is 4. The highest BCUT2D eigenvalue weighted by molar-refractivity contribution is 7.22. The summed E-state index contributed by atoms with van der Waals surface area (Å²) in [4.78, 5) is 20.6. The first kappa shape index (κ1) is 22.7. The Kier molecular flexibility index (Phi) is 5.63. The summed E-state index contributed by atoms with van der Waals surface area (Å²) in [5, 5.41) is 4.73. The fourth-order valence-electron chi connectivity index (χ4n) is 4.79. The number of hydrogen-bond donors (Lipinski definition) is 2. The minimum absolute atomic E-state index is 0.274. The van der Waals surface area contributed by atoms with E-state index in [1.165, 1.54) is 11.3 Å². The number of nitrogens with zero attached hydrogens (tertiary/aromatic N) is 6. The minimum Gasteiger partial charge on any atom is -0.375 e. The molecule has 2 aliphatic rings. The zero-order valence-corrected chi connectivity index (χ0v) is 21.1. The van der Waals surface area contributed by atoms with E-state index in [9.17, 15) is 0 Å².